The molecule has 6 N–H and O–H groups in total. The minimum absolute atomic E-state index is 0.140. The molecule has 70 heavy (non-hydrogen) atoms. The van der Waals surface area contributed by atoms with Crippen LogP contribution >= 0.6 is 0 Å². The van der Waals surface area contributed by atoms with Gasteiger partial charge in [0.05, 0.1) is 74.8 Å². The van der Waals surface area contributed by atoms with Crippen molar-refractivity contribution in [2.45, 2.75) is 77.7 Å². The molecule has 2 aromatic heterocycles. The molecule has 0 aliphatic heterocycles. The van der Waals surface area contributed by atoms with Crippen molar-refractivity contribution in [3.63, 3.8) is 0 Å². The average molecular weight is 955 g/mol. The first-order valence-corrected chi connectivity index (χ1v) is 22.0. The Morgan fingerprint density at radius 2 is 0.971 bits per heavy atom. The lowest BCUT2D eigenvalue weighted by molar-refractivity contribution is 0.0941. The second-order valence-corrected chi connectivity index (χ2v) is 15.3. The minimum Gasteiger partial charge on any atom is -0.496 e. The fraction of sp³-hybridized carbons (Fsp3) is 0.280. The number of oxazole rings is 2. The fourth-order valence-corrected chi connectivity index (χ4v) is 6.63. The number of aromatic nitrogens is 2. The van der Waals surface area contributed by atoms with Gasteiger partial charge in [-0.15, -0.1) is 0 Å². The molecule has 20 nitrogen and oxygen atoms in total. The molecule has 0 saturated heterocycles. The number of hydrogen-bond acceptors (Lipinski definition) is 14. The lowest BCUT2D eigenvalue weighted by Gasteiger charge is -2.18. The lowest BCUT2D eigenvalue weighted by Crippen LogP contribution is -2.31. The minimum atomic E-state index is -0.599. The van der Waals surface area contributed by atoms with Gasteiger partial charge in [0.2, 0.25) is 0 Å². The Bertz CT molecular complexity index is 2570. The second kappa shape index (κ2) is 26.3. The number of alkyl carbamates (subject to hydrolysis) is 2. The summed E-state index contributed by atoms with van der Waals surface area (Å²) in [4.78, 5) is 57.2. The van der Waals surface area contributed by atoms with Gasteiger partial charge in [0.15, 0.2) is 24.3 Å². The zero-order valence-electron chi connectivity index (χ0n) is 39.4. The lowest BCUT2D eigenvalue weighted by atomic mass is 10.1. The number of carbonyl (C=O) groups is 4. The Hall–Kier alpha value is -9.04. The molecule has 0 saturated carbocycles. The number of benzene rings is 4. The van der Waals surface area contributed by atoms with Crippen molar-refractivity contribution >= 4 is 47.0 Å². The van der Waals surface area contributed by atoms with Crippen molar-refractivity contribution in [1.29, 1.82) is 10.5 Å². The maximum absolute atomic E-state index is 12.6. The normalized spacial score (nSPS) is 12.1. The molecule has 0 spiro atoms. The van der Waals surface area contributed by atoms with Crippen LogP contribution in [0.5, 0.6) is 11.5 Å². The van der Waals surface area contributed by atoms with Gasteiger partial charge in [-0.25, -0.2) is 29.1 Å². The highest BCUT2D eigenvalue weighted by Gasteiger charge is 2.19. The average Bonchev–Trinajstić information content (AvgIpc) is 4.10. The van der Waals surface area contributed by atoms with E-state index in [9.17, 15) is 19.2 Å². The topological polar surface area (TPSA) is 277 Å². The SMILES string of the molecule is CC[C@H](CC#N)OC(=O)N[C@@H](C)c1cccc(NC(=O)Nc2ccc(-c3cnco3)c(OC)c2)c1.CC[C@H](CC#N)OC(=O)N[C@@H](C)c1cccc(NC(=O)Nc2ccc(-c3cnco3)c(OC)c2)c1. The van der Waals surface area contributed by atoms with Crippen LogP contribution in [0.25, 0.3) is 22.6 Å². The van der Waals surface area contributed by atoms with Crippen LogP contribution in [0.15, 0.2) is 119 Å². The van der Waals surface area contributed by atoms with Crippen molar-refractivity contribution in [2.75, 3.05) is 35.5 Å². The van der Waals surface area contributed by atoms with Crippen molar-refractivity contribution < 1.29 is 47.0 Å². The molecule has 0 radical (unpaired) electrons. The van der Waals surface area contributed by atoms with Crippen LogP contribution in [0.3, 0.4) is 0 Å². The molecule has 0 unspecified atom stereocenters. The zero-order chi connectivity index (χ0) is 50.4. The third-order valence-electron chi connectivity index (χ3n) is 10.4. The Morgan fingerprint density at radius 3 is 1.30 bits per heavy atom. The molecule has 6 amide bonds. The summed E-state index contributed by atoms with van der Waals surface area (Å²) in [6, 6.07) is 26.9. The summed E-state index contributed by atoms with van der Waals surface area (Å²) in [5.74, 6) is 2.15. The summed E-state index contributed by atoms with van der Waals surface area (Å²) in [6.45, 7) is 7.29. The highest BCUT2D eigenvalue weighted by molar-refractivity contribution is 6.01. The summed E-state index contributed by atoms with van der Waals surface area (Å²) >= 11 is 0. The quantitative estimate of drug-likeness (QED) is 0.0467. The highest BCUT2D eigenvalue weighted by atomic mass is 16.6. The maximum Gasteiger partial charge on any atom is 0.407 e. The van der Waals surface area contributed by atoms with Gasteiger partial charge in [-0.2, -0.15) is 10.5 Å². The number of ether oxygens (including phenoxy) is 4. The molecule has 2 heterocycles. The molecular formula is C50H54N10O10. The van der Waals surface area contributed by atoms with Crippen LogP contribution in [-0.4, -0.2) is 60.6 Å². The van der Waals surface area contributed by atoms with Gasteiger partial charge in [0.1, 0.15) is 23.7 Å². The molecule has 6 aromatic rings. The van der Waals surface area contributed by atoms with E-state index in [1.807, 2.05) is 38.1 Å². The van der Waals surface area contributed by atoms with Gasteiger partial charge in [-0.3, -0.25) is 0 Å². The van der Waals surface area contributed by atoms with E-state index in [0.717, 1.165) is 11.1 Å². The summed E-state index contributed by atoms with van der Waals surface area (Å²) in [7, 11) is 3.06. The second-order valence-electron chi connectivity index (χ2n) is 15.3. The van der Waals surface area contributed by atoms with Crippen molar-refractivity contribution in [2.24, 2.45) is 0 Å². The smallest absolute Gasteiger partial charge is 0.407 e. The monoisotopic (exact) mass is 954 g/mol. The molecule has 6 rings (SSSR count). The van der Waals surface area contributed by atoms with Crippen molar-refractivity contribution in [3.8, 4) is 46.3 Å². The number of nitrogens with one attached hydrogen (secondary N) is 6. The maximum atomic E-state index is 12.6. The van der Waals surface area contributed by atoms with Crippen LogP contribution in [0.2, 0.25) is 0 Å². The predicted octanol–water partition coefficient (Wildman–Crippen LogP) is 10.9. The molecule has 0 fully saturated rings. The molecule has 4 aromatic carbocycles. The number of amides is 6. The largest absolute Gasteiger partial charge is 0.496 e. The first-order valence-electron chi connectivity index (χ1n) is 22.0. The van der Waals surface area contributed by atoms with E-state index in [-0.39, 0.29) is 24.9 Å². The van der Waals surface area contributed by atoms with E-state index in [1.165, 1.54) is 27.0 Å². The van der Waals surface area contributed by atoms with Crippen molar-refractivity contribution in [1.82, 2.24) is 20.6 Å². The molecule has 0 aliphatic rings. The van der Waals surface area contributed by atoms with Crippen molar-refractivity contribution in [3.05, 3.63) is 121 Å². The summed E-state index contributed by atoms with van der Waals surface area (Å²) in [5, 5.41) is 34.2. The van der Waals surface area contributed by atoms with Gasteiger partial charge < -0.3 is 59.7 Å². The third-order valence-corrected chi connectivity index (χ3v) is 10.4. The summed E-state index contributed by atoms with van der Waals surface area (Å²) in [5.41, 5.74) is 5.10. The standard InChI is InChI=1S/2C25H27N5O5/c2*1-4-20(10-11-26)35-25(32)28-16(2)17-6-5-7-18(12-17)29-24(31)30-19-8-9-21(22(13-19)33-3)23-14-27-15-34-23/h2*5-9,12-16,20H,4,10H2,1-3H3,(H,28,32)(H2,29,30,31)/t2*16-,20+/m00/s1. The van der Waals surface area contributed by atoms with Gasteiger partial charge in [0, 0.05) is 34.9 Å². The molecule has 364 valence electrons. The number of anilines is 4. The first kappa shape index (κ1) is 51.9. The number of rotatable bonds is 18. The van der Waals surface area contributed by atoms with E-state index in [0.29, 0.717) is 69.7 Å². The van der Waals surface area contributed by atoms with Crippen LogP contribution in [0.4, 0.5) is 41.9 Å². The Labute approximate surface area is 404 Å². The first-order chi connectivity index (χ1) is 33.9. The van der Waals surface area contributed by atoms with E-state index in [4.69, 9.17) is 38.3 Å². The predicted molar refractivity (Wildman–Crippen MR) is 260 cm³/mol. The van der Waals surface area contributed by atoms with E-state index >= 15 is 0 Å². The molecule has 4 atom stereocenters. The van der Waals surface area contributed by atoms with E-state index < -0.39 is 36.5 Å². The highest BCUT2D eigenvalue weighted by Crippen LogP contribution is 2.34. The number of nitrogens with zero attached hydrogens (tertiary/aromatic N) is 4. The number of urea groups is 2. The third kappa shape index (κ3) is 15.5. The van der Waals surface area contributed by atoms with Crippen LogP contribution in [0, 0.1) is 22.7 Å². The Balaban J connectivity index is 0.000000261. The van der Waals surface area contributed by atoms with E-state index in [1.54, 1.807) is 99.0 Å². The van der Waals surface area contributed by atoms with Crippen LogP contribution < -0.4 is 41.4 Å². The molecule has 0 bridgehead atoms. The van der Waals surface area contributed by atoms with E-state index in [2.05, 4.69) is 41.9 Å². The van der Waals surface area contributed by atoms with Crippen LogP contribution in [-0.2, 0) is 9.47 Å². The number of hydrogen-bond donors (Lipinski definition) is 6. The number of methoxy groups -OCH3 is 2. The fourth-order valence-electron chi connectivity index (χ4n) is 6.63. The molecule has 0 aliphatic carbocycles. The van der Waals surface area contributed by atoms with Gasteiger partial charge in [-0.1, -0.05) is 38.1 Å². The zero-order valence-corrected chi connectivity index (χ0v) is 39.4. The molecule has 20 heteroatoms. The van der Waals surface area contributed by atoms with Gasteiger partial charge in [-0.05, 0) is 86.3 Å². The van der Waals surface area contributed by atoms with Gasteiger partial charge in [0.25, 0.3) is 0 Å². The summed E-state index contributed by atoms with van der Waals surface area (Å²) in [6.07, 6.45) is 5.11. The Morgan fingerprint density at radius 1 is 0.586 bits per heavy atom. The summed E-state index contributed by atoms with van der Waals surface area (Å²) < 4.78 is 32.0. The van der Waals surface area contributed by atoms with Gasteiger partial charge >= 0.3 is 24.2 Å². The number of carbonyl (C=O) groups excluding carboxylic acids is 4. The van der Waals surface area contributed by atoms with Crippen LogP contribution in [0.1, 0.15) is 76.6 Å². The Kier molecular flexibility index (Phi) is 19.5. The molecular weight excluding hydrogens is 901 g/mol. The number of nitriles is 2.